The van der Waals surface area contributed by atoms with Crippen LogP contribution >= 0.6 is 0 Å². The standard InChI is InChI=1S/C26H19F2N5O/c1-15-8-9-23(30-12-15)32-26(34)20-11-17(13-29-16(20)2)18-6-4-10-33-22(18)14-31-25(33)19-5-3-7-21(27)24(19)28/h3-14H,1-2H3,(H,30,32,34). The van der Waals surface area contributed by atoms with Crippen molar-refractivity contribution in [2.45, 2.75) is 13.8 Å². The van der Waals surface area contributed by atoms with Crippen LogP contribution in [0.4, 0.5) is 14.6 Å². The Kier molecular flexibility index (Phi) is 5.33. The van der Waals surface area contributed by atoms with Crippen LogP contribution in [0.5, 0.6) is 0 Å². The van der Waals surface area contributed by atoms with Gasteiger partial charge in [0.05, 0.1) is 28.5 Å². The Hall–Kier alpha value is -4.46. The zero-order chi connectivity index (χ0) is 23.8. The van der Waals surface area contributed by atoms with Gasteiger partial charge in [-0.3, -0.25) is 14.2 Å². The zero-order valence-corrected chi connectivity index (χ0v) is 18.4. The molecule has 0 bridgehead atoms. The Labute approximate surface area is 194 Å². The van der Waals surface area contributed by atoms with Crippen LogP contribution in [0.15, 0.2) is 73.3 Å². The van der Waals surface area contributed by atoms with Gasteiger partial charge in [-0.05, 0) is 49.7 Å². The molecule has 0 atom stereocenters. The summed E-state index contributed by atoms with van der Waals surface area (Å²) in [7, 11) is 0. The number of imidazole rings is 1. The SMILES string of the molecule is Cc1ccc(NC(=O)c2cc(-c3cccn4c(-c5cccc(F)c5F)ncc34)cnc2C)nc1. The first kappa shape index (κ1) is 21.4. The van der Waals surface area contributed by atoms with Crippen LogP contribution in [-0.2, 0) is 0 Å². The highest BCUT2D eigenvalue weighted by Crippen LogP contribution is 2.30. The van der Waals surface area contributed by atoms with Crippen LogP contribution in [0.25, 0.3) is 28.0 Å². The maximum atomic E-state index is 14.4. The molecule has 1 N–H and O–H groups in total. The summed E-state index contributed by atoms with van der Waals surface area (Å²) in [6, 6.07) is 13.0. The highest BCUT2D eigenvalue weighted by atomic mass is 19.2. The lowest BCUT2D eigenvalue weighted by Crippen LogP contribution is -2.15. The van der Waals surface area contributed by atoms with E-state index in [-0.39, 0.29) is 17.3 Å². The summed E-state index contributed by atoms with van der Waals surface area (Å²) in [5.74, 6) is -1.50. The lowest BCUT2D eigenvalue weighted by molar-refractivity contribution is 0.102. The van der Waals surface area contributed by atoms with E-state index in [1.807, 2.05) is 19.1 Å². The minimum atomic E-state index is -0.957. The van der Waals surface area contributed by atoms with Crippen LogP contribution < -0.4 is 5.32 Å². The number of fused-ring (bicyclic) bond motifs is 1. The molecule has 0 unspecified atom stereocenters. The van der Waals surface area contributed by atoms with E-state index >= 15 is 0 Å². The van der Waals surface area contributed by atoms with Gasteiger partial charge in [-0.15, -0.1) is 0 Å². The third-order valence-electron chi connectivity index (χ3n) is 5.56. The van der Waals surface area contributed by atoms with Gasteiger partial charge in [0.1, 0.15) is 11.6 Å². The lowest BCUT2D eigenvalue weighted by Gasteiger charge is -2.11. The third-order valence-corrected chi connectivity index (χ3v) is 5.56. The number of amides is 1. The molecular weight excluding hydrogens is 436 g/mol. The van der Waals surface area contributed by atoms with Crippen molar-refractivity contribution < 1.29 is 13.6 Å². The predicted octanol–water partition coefficient (Wildman–Crippen LogP) is 5.61. The van der Waals surface area contributed by atoms with E-state index in [1.165, 1.54) is 12.1 Å². The molecule has 0 aliphatic rings. The van der Waals surface area contributed by atoms with Crippen molar-refractivity contribution in [2.75, 3.05) is 5.32 Å². The number of rotatable bonds is 4. The average molecular weight is 455 g/mol. The maximum absolute atomic E-state index is 14.4. The Balaban J connectivity index is 1.55. The number of pyridine rings is 3. The summed E-state index contributed by atoms with van der Waals surface area (Å²) in [5, 5.41) is 2.79. The molecule has 0 saturated carbocycles. The van der Waals surface area contributed by atoms with Gasteiger partial charge >= 0.3 is 0 Å². The van der Waals surface area contributed by atoms with Gasteiger partial charge in [0.2, 0.25) is 0 Å². The van der Waals surface area contributed by atoms with Crippen molar-refractivity contribution >= 4 is 17.2 Å². The van der Waals surface area contributed by atoms with Crippen molar-refractivity contribution in [3.63, 3.8) is 0 Å². The number of carbonyl (C=O) groups excluding carboxylic acids is 1. The number of nitrogens with one attached hydrogen (secondary N) is 1. The number of nitrogens with zero attached hydrogens (tertiary/aromatic N) is 4. The summed E-state index contributed by atoms with van der Waals surface area (Å²) in [6.07, 6.45) is 6.66. The molecule has 0 radical (unpaired) electrons. The second-order valence-corrected chi connectivity index (χ2v) is 7.89. The molecule has 0 aliphatic heterocycles. The average Bonchev–Trinajstić information content (AvgIpc) is 3.27. The number of carbonyl (C=O) groups is 1. The number of hydrogen-bond acceptors (Lipinski definition) is 4. The van der Waals surface area contributed by atoms with Gasteiger partial charge < -0.3 is 5.32 Å². The number of aryl methyl sites for hydroxylation is 2. The van der Waals surface area contributed by atoms with Crippen LogP contribution in [0.2, 0.25) is 0 Å². The minimum Gasteiger partial charge on any atom is -0.307 e. The molecule has 6 nitrogen and oxygen atoms in total. The lowest BCUT2D eigenvalue weighted by atomic mass is 10.0. The van der Waals surface area contributed by atoms with Gasteiger partial charge in [0.15, 0.2) is 11.6 Å². The molecule has 1 aromatic carbocycles. The summed E-state index contributed by atoms with van der Waals surface area (Å²) in [5.41, 5.74) is 4.11. The van der Waals surface area contributed by atoms with E-state index < -0.39 is 11.6 Å². The Morgan fingerprint density at radius 3 is 2.53 bits per heavy atom. The third kappa shape index (κ3) is 3.79. The number of benzene rings is 1. The van der Waals surface area contributed by atoms with Crippen LogP contribution in [0.3, 0.4) is 0 Å². The summed E-state index contributed by atoms with van der Waals surface area (Å²) >= 11 is 0. The molecule has 0 saturated heterocycles. The molecule has 4 aromatic heterocycles. The van der Waals surface area contributed by atoms with Crippen molar-refractivity contribution in [1.29, 1.82) is 0 Å². The fourth-order valence-electron chi connectivity index (χ4n) is 3.78. The molecule has 34 heavy (non-hydrogen) atoms. The van der Waals surface area contributed by atoms with Gasteiger partial charge in [-0.25, -0.2) is 18.7 Å². The number of anilines is 1. The molecular formula is C26H19F2N5O. The van der Waals surface area contributed by atoms with E-state index in [2.05, 4.69) is 20.3 Å². The van der Waals surface area contributed by atoms with Gasteiger partial charge in [-0.2, -0.15) is 0 Å². The molecule has 0 fully saturated rings. The van der Waals surface area contributed by atoms with Crippen LogP contribution in [0.1, 0.15) is 21.6 Å². The van der Waals surface area contributed by atoms with E-state index in [1.54, 1.807) is 54.3 Å². The highest BCUT2D eigenvalue weighted by molar-refractivity contribution is 6.05. The molecule has 5 aromatic rings. The molecule has 0 aliphatic carbocycles. The first-order valence-electron chi connectivity index (χ1n) is 10.5. The monoisotopic (exact) mass is 455 g/mol. The fraction of sp³-hybridized carbons (Fsp3) is 0.0769. The maximum Gasteiger partial charge on any atom is 0.258 e. The van der Waals surface area contributed by atoms with Crippen LogP contribution in [0, 0.1) is 25.5 Å². The number of halogens is 2. The van der Waals surface area contributed by atoms with Crippen molar-refractivity contribution in [3.8, 4) is 22.5 Å². The Bertz CT molecular complexity index is 1540. The molecule has 0 spiro atoms. The van der Waals surface area contributed by atoms with Crippen LogP contribution in [-0.4, -0.2) is 25.3 Å². The van der Waals surface area contributed by atoms with Gasteiger partial charge in [-0.1, -0.05) is 18.2 Å². The van der Waals surface area contributed by atoms with Crippen molar-refractivity contribution in [2.24, 2.45) is 0 Å². The summed E-state index contributed by atoms with van der Waals surface area (Å²) in [6.45, 7) is 3.67. The van der Waals surface area contributed by atoms with E-state index in [0.717, 1.165) is 17.2 Å². The topological polar surface area (TPSA) is 72.2 Å². The second-order valence-electron chi connectivity index (χ2n) is 7.89. The number of hydrogen-bond donors (Lipinski definition) is 1. The van der Waals surface area contributed by atoms with E-state index in [9.17, 15) is 13.6 Å². The molecule has 4 heterocycles. The normalized spacial score (nSPS) is 11.1. The van der Waals surface area contributed by atoms with Crippen molar-refractivity contribution in [1.82, 2.24) is 19.4 Å². The van der Waals surface area contributed by atoms with E-state index in [0.29, 0.717) is 28.2 Å². The van der Waals surface area contributed by atoms with Crippen molar-refractivity contribution in [3.05, 3.63) is 102 Å². The minimum absolute atomic E-state index is 0.0600. The largest absolute Gasteiger partial charge is 0.307 e. The van der Waals surface area contributed by atoms with Gasteiger partial charge in [0, 0.05) is 29.7 Å². The summed E-state index contributed by atoms with van der Waals surface area (Å²) < 4.78 is 29.9. The molecule has 168 valence electrons. The molecule has 1 amide bonds. The first-order valence-corrected chi connectivity index (χ1v) is 10.5. The Morgan fingerprint density at radius 1 is 0.912 bits per heavy atom. The molecule has 5 rings (SSSR count). The van der Waals surface area contributed by atoms with E-state index in [4.69, 9.17) is 0 Å². The summed E-state index contributed by atoms with van der Waals surface area (Å²) in [4.78, 5) is 25.9. The predicted molar refractivity (Wildman–Crippen MR) is 125 cm³/mol. The highest BCUT2D eigenvalue weighted by Gasteiger charge is 2.18. The second kappa shape index (κ2) is 8.47. The smallest absolute Gasteiger partial charge is 0.258 e. The Morgan fingerprint density at radius 2 is 1.74 bits per heavy atom. The number of aromatic nitrogens is 4. The quantitative estimate of drug-likeness (QED) is 0.383. The zero-order valence-electron chi connectivity index (χ0n) is 18.4. The fourth-order valence-corrected chi connectivity index (χ4v) is 3.78. The first-order chi connectivity index (χ1) is 16.4. The van der Waals surface area contributed by atoms with Gasteiger partial charge in [0.25, 0.3) is 5.91 Å². The molecule has 8 heteroatoms.